The Hall–Kier alpha value is -1.43. The van der Waals surface area contributed by atoms with E-state index in [0.29, 0.717) is 16.3 Å². The lowest BCUT2D eigenvalue weighted by Gasteiger charge is -2.07. The highest BCUT2D eigenvalue weighted by Crippen LogP contribution is 2.22. The zero-order valence-electron chi connectivity index (χ0n) is 7.18. The maximum Gasteiger partial charge on any atom is 0.282 e. The normalized spacial score (nSPS) is 12.8. The van der Waals surface area contributed by atoms with Crippen molar-refractivity contribution in [3.8, 4) is 0 Å². The third-order valence-corrected chi connectivity index (χ3v) is 2.53. The molecule has 2 heterocycles. The van der Waals surface area contributed by atoms with Gasteiger partial charge in [0.1, 0.15) is 6.34 Å². The van der Waals surface area contributed by atoms with Crippen molar-refractivity contribution in [2.75, 3.05) is 0 Å². The molecule has 1 aromatic heterocycles. The Bertz CT molecular complexity index is 510. The molecule has 0 bridgehead atoms. The molecule has 2 rings (SSSR count). The number of hydrogen-bond acceptors (Lipinski definition) is 3. The number of fused-ring (bicyclic) bond motifs is 1. The molecule has 0 atom stereocenters. The molecule has 0 amide bonds. The quantitative estimate of drug-likeness (QED) is 0.561. The molecule has 1 radical (unpaired) electrons. The van der Waals surface area contributed by atoms with Gasteiger partial charge in [0.25, 0.3) is 5.56 Å². The van der Waals surface area contributed by atoms with Crippen LogP contribution >= 0.6 is 12.2 Å². The van der Waals surface area contributed by atoms with Crippen LogP contribution in [0.1, 0.15) is 0 Å². The molecule has 0 saturated carbocycles. The molecule has 1 aliphatic rings. The SMILES string of the molecule is Cn1c2c(c(=O)n(C)c1=S)N=C[N]2. The van der Waals surface area contributed by atoms with E-state index < -0.39 is 0 Å². The van der Waals surface area contributed by atoms with Crippen LogP contribution in [0.3, 0.4) is 0 Å². The summed E-state index contributed by atoms with van der Waals surface area (Å²) in [5, 5.41) is 3.95. The van der Waals surface area contributed by atoms with E-state index in [1.807, 2.05) is 0 Å². The molecule has 0 fully saturated rings. The second kappa shape index (κ2) is 2.53. The molecule has 0 spiro atoms. The van der Waals surface area contributed by atoms with Crippen LogP contribution in [0.2, 0.25) is 0 Å². The van der Waals surface area contributed by atoms with E-state index in [1.165, 1.54) is 10.9 Å². The van der Waals surface area contributed by atoms with Gasteiger partial charge < -0.3 is 4.57 Å². The van der Waals surface area contributed by atoms with E-state index in [4.69, 9.17) is 12.2 Å². The highest BCUT2D eigenvalue weighted by atomic mass is 32.1. The highest BCUT2D eigenvalue weighted by Gasteiger charge is 2.16. The smallest absolute Gasteiger partial charge is 0.282 e. The summed E-state index contributed by atoms with van der Waals surface area (Å²) in [5.41, 5.74) is 0.161. The molecule has 0 aromatic carbocycles. The summed E-state index contributed by atoms with van der Waals surface area (Å²) < 4.78 is 3.49. The van der Waals surface area contributed by atoms with Gasteiger partial charge in [-0.2, -0.15) is 0 Å². The summed E-state index contributed by atoms with van der Waals surface area (Å²) in [7, 11) is 3.39. The van der Waals surface area contributed by atoms with Gasteiger partial charge in [0.2, 0.25) is 0 Å². The number of rotatable bonds is 0. The lowest BCUT2D eigenvalue weighted by Crippen LogP contribution is -2.21. The van der Waals surface area contributed by atoms with Crippen LogP contribution in [0, 0.1) is 4.77 Å². The molecule has 1 aromatic rings. The number of aromatic nitrogens is 2. The van der Waals surface area contributed by atoms with E-state index in [9.17, 15) is 4.79 Å². The van der Waals surface area contributed by atoms with E-state index in [-0.39, 0.29) is 5.56 Å². The lowest BCUT2D eigenvalue weighted by atomic mass is 10.5. The van der Waals surface area contributed by atoms with E-state index in [1.54, 1.807) is 18.7 Å². The van der Waals surface area contributed by atoms with Crippen LogP contribution in [0.5, 0.6) is 0 Å². The first-order chi connectivity index (χ1) is 6.13. The summed E-state index contributed by atoms with van der Waals surface area (Å²) in [5.74, 6) is 0.535. The van der Waals surface area contributed by atoms with Crippen LogP contribution in [-0.2, 0) is 14.1 Å². The molecule has 0 N–H and O–H groups in total. The predicted octanol–water partition coefficient (Wildman–Crippen LogP) is 0.363. The van der Waals surface area contributed by atoms with Gasteiger partial charge in [-0.3, -0.25) is 9.36 Å². The predicted molar refractivity (Wildman–Crippen MR) is 51.4 cm³/mol. The number of nitrogens with zero attached hydrogens (tertiary/aromatic N) is 4. The summed E-state index contributed by atoms with van der Waals surface area (Å²) >= 11 is 5.03. The number of hydrogen-bond donors (Lipinski definition) is 0. The van der Waals surface area contributed by atoms with Crippen molar-refractivity contribution in [3.63, 3.8) is 0 Å². The van der Waals surface area contributed by atoms with Crippen molar-refractivity contribution in [2.45, 2.75) is 0 Å². The second-order valence-corrected chi connectivity index (χ2v) is 3.12. The Morgan fingerprint density at radius 3 is 2.77 bits per heavy atom. The monoisotopic (exact) mass is 195 g/mol. The fourth-order valence-electron chi connectivity index (χ4n) is 1.22. The second-order valence-electron chi connectivity index (χ2n) is 2.75. The third kappa shape index (κ3) is 0.951. The van der Waals surface area contributed by atoms with Crippen molar-refractivity contribution in [1.29, 1.82) is 0 Å². The fraction of sp³-hybridized carbons (Fsp3) is 0.286. The van der Waals surface area contributed by atoms with Gasteiger partial charge >= 0.3 is 0 Å². The van der Waals surface area contributed by atoms with Crippen molar-refractivity contribution in [2.24, 2.45) is 19.1 Å². The Morgan fingerprint density at radius 2 is 2.08 bits per heavy atom. The van der Waals surface area contributed by atoms with Gasteiger partial charge in [-0.25, -0.2) is 10.3 Å². The summed E-state index contributed by atoms with van der Waals surface area (Å²) in [6.07, 6.45) is 1.36. The van der Waals surface area contributed by atoms with Gasteiger partial charge in [-0.15, -0.1) is 0 Å². The van der Waals surface area contributed by atoms with E-state index in [0.717, 1.165) is 0 Å². The maximum absolute atomic E-state index is 11.5. The van der Waals surface area contributed by atoms with Crippen LogP contribution in [0.4, 0.5) is 11.5 Å². The molecule has 6 heteroatoms. The molecule has 1 aliphatic heterocycles. The van der Waals surface area contributed by atoms with Crippen molar-refractivity contribution >= 4 is 30.1 Å². The zero-order chi connectivity index (χ0) is 9.59. The minimum absolute atomic E-state index is 0.199. The van der Waals surface area contributed by atoms with Crippen molar-refractivity contribution < 1.29 is 0 Å². The molecular weight excluding hydrogens is 188 g/mol. The molecule has 13 heavy (non-hydrogen) atoms. The van der Waals surface area contributed by atoms with Crippen molar-refractivity contribution in [1.82, 2.24) is 14.5 Å². The van der Waals surface area contributed by atoms with Gasteiger partial charge in [0.05, 0.1) is 0 Å². The summed E-state index contributed by atoms with van der Waals surface area (Å²) in [4.78, 5) is 15.4. The lowest BCUT2D eigenvalue weighted by molar-refractivity contribution is 0.718. The standard InChI is InChI=1S/C7H7N4OS/c1-10-5-4(8-3-9-5)6(12)11(2)7(10)13/h3H,1-2H3. The summed E-state index contributed by atoms with van der Waals surface area (Å²) in [6.45, 7) is 0. The van der Waals surface area contributed by atoms with Gasteiger partial charge in [-0.1, -0.05) is 0 Å². The minimum Gasteiger partial charge on any atom is -0.304 e. The Morgan fingerprint density at radius 1 is 1.38 bits per heavy atom. The first kappa shape index (κ1) is 8.18. The summed E-state index contributed by atoms with van der Waals surface area (Å²) in [6, 6.07) is 0. The van der Waals surface area contributed by atoms with Crippen LogP contribution in [0.15, 0.2) is 9.79 Å². The fourth-order valence-corrected chi connectivity index (χ4v) is 1.39. The minimum atomic E-state index is -0.199. The molecule has 0 aliphatic carbocycles. The first-order valence-corrected chi connectivity index (χ1v) is 4.07. The van der Waals surface area contributed by atoms with Crippen molar-refractivity contribution in [3.05, 3.63) is 15.1 Å². The third-order valence-electron chi connectivity index (χ3n) is 1.98. The average Bonchev–Trinajstić information content (AvgIpc) is 2.59. The van der Waals surface area contributed by atoms with Crippen LogP contribution in [0.25, 0.3) is 0 Å². The molecule has 5 nitrogen and oxygen atoms in total. The largest absolute Gasteiger partial charge is 0.304 e. The zero-order valence-corrected chi connectivity index (χ0v) is 8.00. The van der Waals surface area contributed by atoms with Gasteiger partial charge in [0, 0.05) is 14.1 Å². The maximum atomic E-state index is 11.5. The molecular formula is C7H7N4OS. The first-order valence-electron chi connectivity index (χ1n) is 3.66. The van der Waals surface area contributed by atoms with Gasteiger partial charge in [-0.05, 0) is 12.2 Å². The van der Waals surface area contributed by atoms with Crippen LogP contribution in [-0.4, -0.2) is 15.5 Å². The Balaban J connectivity index is 2.99. The van der Waals surface area contributed by atoms with Crippen LogP contribution < -0.4 is 10.9 Å². The molecule has 0 saturated heterocycles. The highest BCUT2D eigenvalue weighted by molar-refractivity contribution is 7.71. The molecule has 0 unspecified atom stereocenters. The topological polar surface area (TPSA) is 53.4 Å². The Kier molecular flexibility index (Phi) is 1.59. The number of aliphatic imine (C=N–C) groups is 1. The van der Waals surface area contributed by atoms with E-state index >= 15 is 0 Å². The Labute approximate surface area is 79.3 Å². The molecule has 67 valence electrons. The van der Waals surface area contributed by atoms with Gasteiger partial charge in [0.15, 0.2) is 16.3 Å². The van der Waals surface area contributed by atoms with E-state index in [2.05, 4.69) is 10.3 Å². The average molecular weight is 195 g/mol.